The Morgan fingerprint density at radius 3 is 2.88 bits per heavy atom. The molecule has 0 saturated carbocycles. The molecule has 0 radical (unpaired) electrons. The highest BCUT2D eigenvalue weighted by molar-refractivity contribution is 6.30. The predicted molar refractivity (Wildman–Crippen MR) is 126 cm³/mol. The second kappa shape index (κ2) is 8.78. The van der Waals surface area contributed by atoms with Crippen LogP contribution in [0, 0.1) is 6.92 Å². The summed E-state index contributed by atoms with van der Waals surface area (Å²) >= 11 is 6.10. The fraction of sp³-hybridized carbons (Fsp3) is 0.292. The van der Waals surface area contributed by atoms with E-state index in [-0.39, 0.29) is 22.9 Å². The summed E-state index contributed by atoms with van der Waals surface area (Å²) in [5.74, 6) is 0.488. The van der Waals surface area contributed by atoms with Gasteiger partial charge in [-0.3, -0.25) is 9.59 Å². The molecular weight excluding hydrogens is 440 g/mol. The van der Waals surface area contributed by atoms with Gasteiger partial charge in [0.15, 0.2) is 11.2 Å². The number of nitrogens with one attached hydrogen (secondary N) is 1. The van der Waals surface area contributed by atoms with E-state index in [1.54, 1.807) is 10.7 Å². The first-order valence-electron chi connectivity index (χ1n) is 10.9. The minimum atomic E-state index is -0.325. The smallest absolute Gasteiger partial charge is 0.281 e. The van der Waals surface area contributed by atoms with Crippen LogP contribution in [0.25, 0.3) is 11.2 Å². The van der Waals surface area contributed by atoms with Gasteiger partial charge in [0.1, 0.15) is 5.82 Å². The Hall–Kier alpha value is -3.52. The first kappa shape index (κ1) is 21.3. The predicted octanol–water partition coefficient (Wildman–Crippen LogP) is 3.54. The van der Waals surface area contributed by atoms with E-state index in [1.165, 1.54) is 0 Å². The van der Waals surface area contributed by atoms with Crippen LogP contribution in [0.3, 0.4) is 0 Å². The fourth-order valence-electron chi connectivity index (χ4n) is 4.34. The quantitative estimate of drug-likeness (QED) is 0.500. The van der Waals surface area contributed by atoms with Crippen molar-refractivity contribution in [3.8, 4) is 0 Å². The van der Waals surface area contributed by atoms with Crippen molar-refractivity contribution >= 4 is 28.7 Å². The maximum Gasteiger partial charge on any atom is 0.281 e. The number of aryl methyl sites for hydroxylation is 1. The van der Waals surface area contributed by atoms with Gasteiger partial charge < -0.3 is 9.88 Å². The van der Waals surface area contributed by atoms with Gasteiger partial charge in [-0.15, -0.1) is 5.10 Å². The number of amides is 1. The summed E-state index contributed by atoms with van der Waals surface area (Å²) in [6.07, 6.45) is 1.67. The third-order valence-corrected chi connectivity index (χ3v) is 6.21. The van der Waals surface area contributed by atoms with Gasteiger partial charge in [0.25, 0.3) is 11.5 Å². The molecule has 1 aliphatic heterocycles. The van der Waals surface area contributed by atoms with Gasteiger partial charge in [-0.1, -0.05) is 46.6 Å². The lowest BCUT2D eigenvalue weighted by molar-refractivity contribution is 0.0704. The fourth-order valence-corrected chi connectivity index (χ4v) is 4.55. The van der Waals surface area contributed by atoms with Crippen LogP contribution in [0.1, 0.15) is 46.1 Å². The summed E-state index contributed by atoms with van der Waals surface area (Å²) in [5, 5.41) is 8.79. The molecule has 1 amide bonds. The minimum absolute atomic E-state index is 0.000472. The molecule has 9 heteroatoms. The Labute approximate surface area is 195 Å². The molecule has 5 rings (SSSR count). The highest BCUT2D eigenvalue weighted by Crippen LogP contribution is 2.26. The van der Waals surface area contributed by atoms with Crippen LogP contribution in [0.15, 0.2) is 53.3 Å². The minimum Gasteiger partial charge on any atom is -0.338 e. The second-order valence-electron chi connectivity index (χ2n) is 8.46. The zero-order chi connectivity index (χ0) is 22.9. The highest BCUT2D eigenvalue weighted by atomic mass is 35.5. The summed E-state index contributed by atoms with van der Waals surface area (Å²) in [6, 6.07) is 15.1. The van der Waals surface area contributed by atoms with E-state index < -0.39 is 0 Å². The van der Waals surface area contributed by atoms with E-state index >= 15 is 0 Å². The molecule has 1 atom stereocenters. The van der Waals surface area contributed by atoms with Gasteiger partial charge >= 0.3 is 0 Å². The lowest BCUT2D eigenvalue weighted by Gasteiger charge is -2.32. The van der Waals surface area contributed by atoms with Crippen molar-refractivity contribution in [3.63, 3.8) is 0 Å². The van der Waals surface area contributed by atoms with E-state index in [9.17, 15) is 9.59 Å². The maximum absolute atomic E-state index is 13.1. The van der Waals surface area contributed by atoms with Crippen molar-refractivity contribution in [2.75, 3.05) is 13.1 Å². The molecule has 0 spiro atoms. The van der Waals surface area contributed by atoms with E-state index in [4.69, 9.17) is 16.6 Å². The number of aromatic nitrogens is 5. The molecule has 4 aromatic rings. The summed E-state index contributed by atoms with van der Waals surface area (Å²) in [4.78, 5) is 35.2. The van der Waals surface area contributed by atoms with Crippen LogP contribution in [-0.4, -0.2) is 48.9 Å². The molecule has 0 aliphatic carbocycles. The van der Waals surface area contributed by atoms with Crippen molar-refractivity contribution in [1.82, 2.24) is 29.9 Å². The van der Waals surface area contributed by atoms with Crippen molar-refractivity contribution in [2.24, 2.45) is 0 Å². The topological polar surface area (TPSA) is 96.8 Å². The number of likely N-dealkylation sites (tertiary alicyclic amines) is 1. The normalized spacial score (nSPS) is 16.3. The van der Waals surface area contributed by atoms with Gasteiger partial charge in [-0.05, 0) is 49.6 Å². The largest absolute Gasteiger partial charge is 0.338 e. The van der Waals surface area contributed by atoms with Crippen LogP contribution in [0.5, 0.6) is 0 Å². The molecule has 2 aromatic carbocycles. The van der Waals surface area contributed by atoms with E-state index in [2.05, 4.69) is 15.3 Å². The van der Waals surface area contributed by atoms with Crippen molar-refractivity contribution in [2.45, 2.75) is 32.2 Å². The molecule has 0 unspecified atom stereocenters. The number of fused-ring (bicyclic) bond motifs is 1. The monoisotopic (exact) mass is 462 g/mol. The average Bonchev–Trinajstić information content (AvgIpc) is 3.22. The lowest BCUT2D eigenvalue weighted by atomic mass is 9.96. The van der Waals surface area contributed by atoms with Gasteiger partial charge in [0, 0.05) is 29.6 Å². The Morgan fingerprint density at radius 1 is 1.21 bits per heavy atom. The van der Waals surface area contributed by atoms with Crippen LogP contribution < -0.4 is 5.56 Å². The van der Waals surface area contributed by atoms with Gasteiger partial charge in [-0.25, -0.2) is 9.67 Å². The number of piperidine rings is 1. The molecule has 1 fully saturated rings. The van der Waals surface area contributed by atoms with Crippen molar-refractivity contribution in [3.05, 3.63) is 86.4 Å². The number of nitrogens with zero attached hydrogens (tertiary/aromatic N) is 5. The molecule has 1 N–H and O–H groups in total. The Bertz CT molecular complexity index is 1400. The summed E-state index contributed by atoms with van der Waals surface area (Å²) < 4.78 is 1.61. The third-order valence-electron chi connectivity index (χ3n) is 5.97. The molecule has 0 bridgehead atoms. The molecule has 2 aromatic heterocycles. The Balaban J connectivity index is 1.43. The molecule has 168 valence electrons. The summed E-state index contributed by atoms with van der Waals surface area (Å²) in [5.41, 5.74) is 2.96. The van der Waals surface area contributed by atoms with Gasteiger partial charge in [0.05, 0.1) is 6.54 Å². The zero-order valence-electron chi connectivity index (χ0n) is 18.2. The number of H-pyrrole nitrogens is 1. The Kier molecular flexibility index (Phi) is 5.68. The molecule has 1 saturated heterocycles. The summed E-state index contributed by atoms with van der Waals surface area (Å²) in [6.45, 7) is 3.55. The number of carbonyl (C=O) groups is 1. The number of rotatable bonds is 4. The standard InChI is InChI=1S/C24H23ClN6O2/c1-15-5-2-7-17(11-15)24(33)30-10-4-8-18(14-30)21-26-22-20(23(32)27-21)28-29-31(22)13-16-6-3-9-19(25)12-16/h2-3,5-7,9,11-12,18H,4,8,10,13-14H2,1H3,(H,26,27,32)/t18-/m0/s1. The van der Waals surface area contributed by atoms with E-state index in [0.29, 0.717) is 41.7 Å². The first-order chi connectivity index (χ1) is 16.0. The van der Waals surface area contributed by atoms with Crippen LogP contribution in [-0.2, 0) is 6.54 Å². The number of aromatic amines is 1. The highest BCUT2D eigenvalue weighted by Gasteiger charge is 2.28. The van der Waals surface area contributed by atoms with Crippen molar-refractivity contribution in [1.29, 1.82) is 0 Å². The van der Waals surface area contributed by atoms with Gasteiger partial charge in [0.2, 0.25) is 0 Å². The number of hydrogen-bond acceptors (Lipinski definition) is 5. The number of halogens is 1. The van der Waals surface area contributed by atoms with Gasteiger partial charge in [-0.2, -0.15) is 0 Å². The first-order valence-corrected chi connectivity index (χ1v) is 11.3. The van der Waals surface area contributed by atoms with Crippen molar-refractivity contribution < 1.29 is 4.79 Å². The molecule has 1 aliphatic rings. The van der Waals surface area contributed by atoms with E-state index in [1.807, 2.05) is 54.3 Å². The molecule has 3 heterocycles. The second-order valence-corrected chi connectivity index (χ2v) is 8.90. The molecule has 33 heavy (non-hydrogen) atoms. The van der Waals surface area contributed by atoms with Crippen LogP contribution >= 0.6 is 11.6 Å². The Morgan fingerprint density at radius 2 is 2.06 bits per heavy atom. The zero-order valence-corrected chi connectivity index (χ0v) is 18.9. The van der Waals surface area contributed by atoms with E-state index in [0.717, 1.165) is 24.0 Å². The molecule has 8 nitrogen and oxygen atoms in total. The number of hydrogen-bond donors (Lipinski definition) is 1. The number of benzene rings is 2. The maximum atomic E-state index is 13.1. The third kappa shape index (κ3) is 4.39. The van der Waals surface area contributed by atoms with Crippen LogP contribution in [0.4, 0.5) is 0 Å². The summed E-state index contributed by atoms with van der Waals surface area (Å²) in [7, 11) is 0. The lowest BCUT2D eigenvalue weighted by Crippen LogP contribution is -2.40. The number of carbonyl (C=O) groups excluding carboxylic acids is 1. The average molecular weight is 463 g/mol. The SMILES string of the molecule is Cc1cccc(C(=O)N2CCC[C@H](c3nc4c(nnn4Cc4cccc(Cl)c4)c(=O)[nH]3)C2)c1. The van der Waals surface area contributed by atoms with Crippen LogP contribution in [0.2, 0.25) is 5.02 Å². The molecular formula is C24H23ClN6O2.